The Balaban J connectivity index is 1.73. The molecule has 0 spiro atoms. The average Bonchev–Trinajstić information content (AvgIpc) is 3.13. The Morgan fingerprint density at radius 2 is 2.00 bits per heavy atom. The van der Waals surface area contributed by atoms with Gasteiger partial charge in [0.1, 0.15) is 16.6 Å². The van der Waals surface area contributed by atoms with Crippen molar-refractivity contribution in [1.82, 2.24) is 14.8 Å². The molecule has 2 N–H and O–H groups in total. The summed E-state index contributed by atoms with van der Waals surface area (Å²) in [5.74, 6) is 0.651. The number of anilines is 1. The highest BCUT2D eigenvalue weighted by Crippen LogP contribution is 2.25. The Morgan fingerprint density at radius 3 is 2.71 bits per heavy atom. The van der Waals surface area contributed by atoms with Crippen molar-refractivity contribution in [3.05, 3.63) is 52.4 Å². The summed E-state index contributed by atoms with van der Waals surface area (Å²) >= 11 is 1.53. The number of aryl methyl sites for hydroxylation is 1. The van der Waals surface area contributed by atoms with Crippen LogP contribution in [0.5, 0.6) is 0 Å². The van der Waals surface area contributed by atoms with E-state index in [1.54, 1.807) is 16.8 Å². The van der Waals surface area contributed by atoms with E-state index in [1.165, 1.54) is 23.5 Å². The Kier molecular flexibility index (Phi) is 4.92. The van der Waals surface area contributed by atoms with Crippen molar-refractivity contribution < 1.29 is 9.50 Å². The Labute approximate surface area is 143 Å². The van der Waals surface area contributed by atoms with Gasteiger partial charge in [-0.3, -0.25) is 0 Å². The molecular weight excluding hydrogens is 327 g/mol. The third-order valence-electron chi connectivity index (χ3n) is 3.82. The molecule has 0 saturated carbocycles. The monoisotopic (exact) mass is 346 g/mol. The Bertz CT molecular complexity index is 826. The lowest BCUT2D eigenvalue weighted by Gasteiger charge is -2.09. The van der Waals surface area contributed by atoms with Crippen LogP contribution in [0.4, 0.5) is 10.2 Å². The molecule has 24 heavy (non-hydrogen) atoms. The smallest absolute Gasteiger partial charge is 0.127 e. The van der Waals surface area contributed by atoms with Gasteiger partial charge < -0.3 is 10.4 Å². The highest BCUT2D eigenvalue weighted by Gasteiger charge is 2.12. The van der Waals surface area contributed by atoms with Crippen LogP contribution >= 0.6 is 11.3 Å². The number of hydrogen-bond acceptors (Lipinski definition) is 5. The van der Waals surface area contributed by atoms with E-state index in [2.05, 4.69) is 15.4 Å². The van der Waals surface area contributed by atoms with Gasteiger partial charge in [-0.1, -0.05) is 0 Å². The fraction of sp³-hybridized carbons (Fsp3) is 0.294. The third-order valence-corrected chi connectivity index (χ3v) is 4.76. The summed E-state index contributed by atoms with van der Waals surface area (Å²) in [5.41, 5.74) is 3.83. The first-order valence-electron chi connectivity index (χ1n) is 7.67. The van der Waals surface area contributed by atoms with E-state index < -0.39 is 0 Å². The van der Waals surface area contributed by atoms with Gasteiger partial charge in [-0.05, 0) is 38.1 Å². The zero-order valence-corrected chi connectivity index (χ0v) is 14.4. The normalized spacial score (nSPS) is 11.0. The second-order valence-electron chi connectivity index (χ2n) is 5.51. The molecule has 3 aromatic rings. The zero-order valence-electron chi connectivity index (χ0n) is 13.6. The number of aliphatic hydroxyl groups is 1. The predicted molar refractivity (Wildman–Crippen MR) is 93.6 cm³/mol. The van der Waals surface area contributed by atoms with E-state index in [-0.39, 0.29) is 12.4 Å². The molecule has 0 aliphatic carbocycles. The highest BCUT2D eigenvalue weighted by atomic mass is 32.1. The van der Waals surface area contributed by atoms with Gasteiger partial charge in [0.25, 0.3) is 0 Å². The summed E-state index contributed by atoms with van der Waals surface area (Å²) in [7, 11) is 0. The van der Waals surface area contributed by atoms with Gasteiger partial charge in [0.05, 0.1) is 31.1 Å². The lowest BCUT2D eigenvalue weighted by atomic mass is 10.2. The summed E-state index contributed by atoms with van der Waals surface area (Å²) in [6.07, 6.45) is 0. The lowest BCUT2D eigenvalue weighted by Crippen LogP contribution is -2.11. The fourth-order valence-electron chi connectivity index (χ4n) is 2.44. The Hall–Kier alpha value is -2.25. The molecule has 0 bridgehead atoms. The summed E-state index contributed by atoms with van der Waals surface area (Å²) < 4.78 is 14.8. The van der Waals surface area contributed by atoms with Gasteiger partial charge >= 0.3 is 0 Å². The lowest BCUT2D eigenvalue weighted by molar-refractivity contribution is 0.270. The largest absolute Gasteiger partial charge is 0.394 e. The van der Waals surface area contributed by atoms with Crippen LogP contribution in [0.3, 0.4) is 0 Å². The molecule has 0 unspecified atom stereocenters. The first kappa shape index (κ1) is 16.6. The first-order valence-corrected chi connectivity index (χ1v) is 8.55. The fourth-order valence-corrected chi connectivity index (χ4v) is 3.26. The van der Waals surface area contributed by atoms with Crippen molar-refractivity contribution in [2.24, 2.45) is 0 Å². The first-order chi connectivity index (χ1) is 11.6. The van der Waals surface area contributed by atoms with Gasteiger partial charge in [0, 0.05) is 16.5 Å². The molecule has 7 heteroatoms. The molecule has 2 heterocycles. The predicted octanol–water partition coefficient (Wildman–Crippen LogP) is 3.37. The van der Waals surface area contributed by atoms with Crippen molar-refractivity contribution >= 4 is 17.2 Å². The molecular formula is C17H19FN4OS. The van der Waals surface area contributed by atoms with E-state index in [0.29, 0.717) is 13.1 Å². The molecule has 1 aromatic carbocycles. The topological polar surface area (TPSA) is 63.0 Å². The number of nitrogens with zero attached hydrogens (tertiary/aromatic N) is 3. The van der Waals surface area contributed by atoms with Crippen LogP contribution in [0, 0.1) is 19.7 Å². The van der Waals surface area contributed by atoms with Gasteiger partial charge in [-0.2, -0.15) is 5.10 Å². The molecule has 0 aliphatic heterocycles. The van der Waals surface area contributed by atoms with Crippen LogP contribution in [-0.2, 0) is 13.1 Å². The molecule has 0 fully saturated rings. The maximum absolute atomic E-state index is 13.0. The molecule has 0 atom stereocenters. The maximum atomic E-state index is 13.0. The van der Waals surface area contributed by atoms with E-state index >= 15 is 0 Å². The Morgan fingerprint density at radius 1 is 1.25 bits per heavy atom. The second-order valence-corrected chi connectivity index (χ2v) is 6.37. The number of hydrogen-bond donors (Lipinski definition) is 2. The van der Waals surface area contributed by atoms with Crippen LogP contribution < -0.4 is 5.32 Å². The molecule has 0 aliphatic rings. The number of benzene rings is 1. The van der Waals surface area contributed by atoms with Crippen LogP contribution in [0.1, 0.15) is 17.0 Å². The van der Waals surface area contributed by atoms with Crippen molar-refractivity contribution in [3.63, 3.8) is 0 Å². The molecule has 0 saturated heterocycles. The van der Waals surface area contributed by atoms with E-state index in [4.69, 9.17) is 5.11 Å². The molecule has 0 amide bonds. The van der Waals surface area contributed by atoms with E-state index in [9.17, 15) is 4.39 Å². The number of nitrogens with one attached hydrogen (secondary N) is 1. The summed E-state index contributed by atoms with van der Waals surface area (Å²) in [6.45, 7) is 5.01. The van der Waals surface area contributed by atoms with Gasteiger partial charge in [0.15, 0.2) is 0 Å². The minimum Gasteiger partial charge on any atom is -0.394 e. The van der Waals surface area contributed by atoms with E-state index in [1.807, 2.05) is 19.2 Å². The minimum absolute atomic E-state index is 0.0423. The third kappa shape index (κ3) is 3.47. The van der Waals surface area contributed by atoms with Crippen molar-refractivity contribution in [2.75, 3.05) is 11.9 Å². The van der Waals surface area contributed by atoms with E-state index in [0.717, 1.165) is 33.3 Å². The van der Waals surface area contributed by atoms with Gasteiger partial charge in [-0.25, -0.2) is 14.1 Å². The van der Waals surface area contributed by atoms with Crippen molar-refractivity contribution in [3.8, 4) is 10.6 Å². The second kappa shape index (κ2) is 7.11. The number of aliphatic hydroxyl groups excluding tert-OH is 1. The van der Waals surface area contributed by atoms with Gasteiger partial charge in [0.2, 0.25) is 0 Å². The summed E-state index contributed by atoms with van der Waals surface area (Å²) in [6, 6.07) is 6.34. The number of aromatic nitrogens is 3. The number of halogens is 1. The quantitative estimate of drug-likeness (QED) is 0.718. The summed E-state index contributed by atoms with van der Waals surface area (Å²) in [4.78, 5) is 4.59. The average molecular weight is 346 g/mol. The highest BCUT2D eigenvalue weighted by molar-refractivity contribution is 7.13. The molecule has 0 radical (unpaired) electrons. The molecule has 126 valence electrons. The van der Waals surface area contributed by atoms with Gasteiger partial charge in [-0.15, -0.1) is 11.3 Å². The van der Waals surface area contributed by atoms with Crippen LogP contribution in [0.25, 0.3) is 10.6 Å². The number of rotatable bonds is 6. The number of thiazole rings is 1. The van der Waals surface area contributed by atoms with Crippen molar-refractivity contribution in [1.29, 1.82) is 0 Å². The molecule has 5 nitrogen and oxygen atoms in total. The van der Waals surface area contributed by atoms with Crippen LogP contribution in [0.15, 0.2) is 29.6 Å². The van der Waals surface area contributed by atoms with Crippen LogP contribution in [-0.4, -0.2) is 26.5 Å². The zero-order chi connectivity index (χ0) is 17.1. The minimum atomic E-state index is -0.250. The summed E-state index contributed by atoms with van der Waals surface area (Å²) in [5, 5.41) is 19.8. The molecule has 2 aromatic heterocycles. The standard InChI is InChI=1S/C17H19FN4OS/c1-11-12(2)21-22(7-8-23)16(11)19-9-15-10-24-17(20-15)13-3-5-14(18)6-4-13/h3-6,10,19,23H,7-9H2,1-2H3. The van der Waals surface area contributed by atoms with Crippen LogP contribution in [0.2, 0.25) is 0 Å². The SMILES string of the molecule is Cc1nn(CCO)c(NCc2csc(-c3ccc(F)cc3)n2)c1C. The maximum Gasteiger partial charge on any atom is 0.127 e. The van der Waals surface area contributed by atoms with Crippen molar-refractivity contribution in [2.45, 2.75) is 26.9 Å². The molecule has 3 rings (SSSR count).